The van der Waals surface area contributed by atoms with Crippen LogP contribution in [-0.4, -0.2) is 76.3 Å². The summed E-state index contributed by atoms with van der Waals surface area (Å²) in [5.41, 5.74) is 0.867. The Hall–Kier alpha value is -3.70. The first-order valence-corrected chi connectivity index (χ1v) is 16.9. The summed E-state index contributed by atoms with van der Waals surface area (Å²) in [6.45, 7) is 4.13. The van der Waals surface area contributed by atoms with Gasteiger partial charge >= 0.3 is 6.01 Å². The van der Waals surface area contributed by atoms with Gasteiger partial charge in [-0.3, -0.25) is 4.90 Å². The van der Waals surface area contributed by atoms with Gasteiger partial charge in [0.2, 0.25) is 0 Å². The van der Waals surface area contributed by atoms with Crippen LogP contribution in [0.1, 0.15) is 57.4 Å². The Morgan fingerprint density at radius 2 is 1.74 bits per heavy atom. The van der Waals surface area contributed by atoms with E-state index >= 15 is 8.78 Å². The van der Waals surface area contributed by atoms with Gasteiger partial charge in [0, 0.05) is 62.0 Å². The molecule has 0 aliphatic carbocycles. The van der Waals surface area contributed by atoms with E-state index in [-0.39, 0.29) is 77.4 Å². The van der Waals surface area contributed by atoms with Crippen LogP contribution in [0.2, 0.25) is 0 Å². The highest BCUT2D eigenvalue weighted by atomic mass is 19.3. The van der Waals surface area contributed by atoms with E-state index < -0.39 is 17.6 Å². The average molecular weight is 650 g/mol. The zero-order chi connectivity index (χ0) is 32.4. The van der Waals surface area contributed by atoms with E-state index in [1.807, 2.05) is 25.1 Å². The first-order valence-electron chi connectivity index (χ1n) is 16.9. The van der Waals surface area contributed by atoms with Crippen molar-refractivity contribution in [2.45, 2.75) is 88.4 Å². The monoisotopic (exact) mass is 649 g/mol. The molecule has 0 spiro atoms. The molecule has 4 aliphatic rings. The van der Waals surface area contributed by atoms with Crippen molar-refractivity contribution >= 4 is 27.5 Å². The maximum absolute atomic E-state index is 16.8. The molecule has 2 N–H and O–H groups in total. The number of alkyl halides is 2. The van der Waals surface area contributed by atoms with E-state index in [1.54, 1.807) is 6.07 Å². The van der Waals surface area contributed by atoms with Gasteiger partial charge in [-0.05, 0) is 78.6 Å². The van der Waals surface area contributed by atoms with E-state index in [4.69, 9.17) is 9.72 Å². The van der Waals surface area contributed by atoms with Gasteiger partial charge in [-0.2, -0.15) is 9.97 Å². The van der Waals surface area contributed by atoms with Crippen molar-refractivity contribution in [2.75, 3.05) is 31.1 Å². The van der Waals surface area contributed by atoms with Crippen molar-refractivity contribution in [1.29, 1.82) is 0 Å². The van der Waals surface area contributed by atoms with Gasteiger partial charge in [0.25, 0.3) is 5.92 Å². The number of aromatic nitrogens is 2. The number of phenols is 1. The van der Waals surface area contributed by atoms with E-state index in [0.717, 1.165) is 31.2 Å². The molecular formula is C36H39F4N5O2. The second-order valence-corrected chi connectivity index (χ2v) is 13.8. The summed E-state index contributed by atoms with van der Waals surface area (Å²) < 4.78 is 67.3. The predicted octanol–water partition coefficient (Wildman–Crippen LogP) is 6.97. The summed E-state index contributed by atoms with van der Waals surface area (Å²) in [5.74, 6) is -3.85. The van der Waals surface area contributed by atoms with E-state index in [0.29, 0.717) is 49.1 Å². The minimum absolute atomic E-state index is 0.00185. The molecule has 4 unspecified atom stereocenters. The molecule has 248 valence electrons. The zero-order valence-corrected chi connectivity index (χ0v) is 26.4. The number of aromatic hydroxyl groups is 1. The lowest BCUT2D eigenvalue weighted by molar-refractivity contribution is -0.0831. The van der Waals surface area contributed by atoms with Gasteiger partial charge in [-0.25, -0.2) is 17.6 Å². The number of benzene rings is 3. The standard InChI is InChI=1S/C36H39F4N5O2/c1-2-20-5-3-6-21-13-26(46)14-27(30(20)21)31-29(37)15-28-33(32(31)38)42-35(43-34(28)44-18-22-7-8-23(19-44)41-22)47-12-4-11-45-24-9-10-25(45)17-36(39,40)16-24/h3,5-6,13-15,22-25,41,46H,2,4,7-12,16-19H2,1H3. The summed E-state index contributed by atoms with van der Waals surface area (Å²) in [6.07, 6.45) is 4.66. The molecule has 4 bridgehead atoms. The lowest BCUT2D eigenvalue weighted by atomic mass is 9.92. The molecule has 8 rings (SSSR count). The molecule has 4 aliphatic heterocycles. The van der Waals surface area contributed by atoms with Crippen molar-refractivity contribution in [3.05, 3.63) is 53.6 Å². The molecule has 4 atom stereocenters. The molecule has 4 aromatic rings. The second-order valence-electron chi connectivity index (χ2n) is 13.8. The van der Waals surface area contributed by atoms with Crippen LogP contribution in [0, 0.1) is 11.6 Å². The molecule has 0 saturated carbocycles. The van der Waals surface area contributed by atoms with Crippen LogP contribution in [0.3, 0.4) is 0 Å². The smallest absolute Gasteiger partial charge is 0.319 e. The van der Waals surface area contributed by atoms with E-state index in [9.17, 15) is 13.9 Å². The third-order valence-corrected chi connectivity index (χ3v) is 10.7. The second kappa shape index (κ2) is 11.8. The van der Waals surface area contributed by atoms with Crippen molar-refractivity contribution in [3.63, 3.8) is 0 Å². The molecule has 4 fully saturated rings. The van der Waals surface area contributed by atoms with E-state index in [2.05, 4.69) is 20.1 Å². The fourth-order valence-corrected chi connectivity index (χ4v) is 8.67. The van der Waals surface area contributed by atoms with Gasteiger partial charge in [0.1, 0.15) is 22.9 Å². The molecule has 0 amide bonds. The maximum Gasteiger partial charge on any atom is 0.319 e. The number of hydrogen-bond donors (Lipinski definition) is 2. The summed E-state index contributed by atoms with van der Waals surface area (Å²) in [6, 6.07) is 10.2. The Morgan fingerprint density at radius 3 is 2.47 bits per heavy atom. The van der Waals surface area contributed by atoms with Gasteiger partial charge in [0.15, 0.2) is 5.82 Å². The number of aryl methyl sites for hydroxylation is 1. The normalized spacial score (nSPS) is 25.3. The van der Waals surface area contributed by atoms with Crippen molar-refractivity contribution in [1.82, 2.24) is 20.2 Å². The molecule has 4 saturated heterocycles. The fourth-order valence-electron chi connectivity index (χ4n) is 8.67. The minimum atomic E-state index is -2.59. The quantitative estimate of drug-likeness (QED) is 0.158. The van der Waals surface area contributed by atoms with Crippen LogP contribution in [-0.2, 0) is 6.42 Å². The Kier molecular flexibility index (Phi) is 7.67. The van der Waals surface area contributed by atoms with Crippen LogP contribution in [0.25, 0.3) is 32.8 Å². The molecule has 7 nitrogen and oxygen atoms in total. The summed E-state index contributed by atoms with van der Waals surface area (Å²) in [5, 5.41) is 15.8. The number of piperazine rings is 1. The highest BCUT2D eigenvalue weighted by Gasteiger charge is 2.48. The minimum Gasteiger partial charge on any atom is -0.508 e. The number of rotatable bonds is 8. The zero-order valence-electron chi connectivity index (χ0n) is 26.4. The average Bonchev–Trinajstić information content (AvgIpc) is 3.51. The Labute approximate surface area is 270 Å². The first kappa shape index (κ1) is 30.6. The molecule has 5 heterocycles. The maximum atomic E-state index is 16.8. The number of hydrogen-bond acceptors (Lipinski definition) is 7. The predicted molar refractivity (Wildman–Crippen MR) is 173 cm³/mol. The first-order chi connectivity index (χ1) is 22.7. The number of piperidine rings is 1. The van der Waals surface area contributed by atoms with E-state index in [1.165, 1.54) is 12.1 Å². The van der Waals surface area contributed by atoms with Crippen molar-refractivity contribution in [3.8, 4) is 22.9 Å². The number of ether oxygens (including phenoxy) is 1. The Morgan fingerprint density at radius 1 is 1.00 bits per heavy atom. The van der Waals surface area contributed by atoms with Crippen LogP contribution in [0.5, 0.6) is 11.8 Å². The largest absolute Gasteiger partial charge is 0.508 e. The highest BCUT2D eigenvalue weighted by molar-refractivity contribution is 6.03. The number of nitrogens with zero attached hydrogens (tertiary/aromatic N) is 4. The number of halogens is 4. The fraction of sp³-hybridized carbons (Fsp3) is 0.500. The Balaban J connectivity index is 1.16. The number of fused-ring (bicyclic) bond motifs is 6. The molecule has 0 radical (unpaired) electrons. The van der Waals surface area contributed by atoms with Gasteiger partial charge in [-0.1, -0.05) is 25.1 Å². The number of phenolic OH excluding ortho intramolecular Hbond substituents is 1. The van der Waals surface area contributed by atoms with Crippen LogP contribution < -0.4 is 15.0 Å². The third-order valence-electron chi connectivity index (χ3n) is 10.7. The van der Waals surface area contributed by atoms with Gasteiger partial charge < -0.3 is 20.1 Å². The lowest BCUT2D eigenvalue weighted by Gasteiger charge is -2.38. The van der Waals surface area contributed by atoms with Crippen molar-refractivity contribution in [2.24, 2.45) is 0 Å². The summed E-state index contributed by atoms with van der Waals surface area (Å²) >= 11 is 0. The number of nitrogens with one attached hydrogen (secondary N) is 1. The SMILES string of the molecule is CCc1cccc2cc(O)cc(-c3c(F)cc4c(N5CC6CCC(C5)N6)nc(OCCCN5C6CCC5CC(F)(F)C6)nc4c3F)c12. The Bertz CT molecular complexity index is 1830. The van der Waals surface area contributed by atoms with Crippen LogP contribution in [0.4, 0.5) is 23.4 Å². The molecule has 3 aromatic carbocycles. The highest BCUT2D eigenvalue weighted by Crippen LogP contribution is 2.44. The van der Waals surface area contributed by atoms with Crippen LogP contribution in [0.15, 0.2) is 36.4 Å². The van der Waals surface area contributed by atoms with Gasteiger partial charge in [-0.15, -0.1) is 0 Å². The molecule has 47 heavy (non-hydrogen) atoms. The molecule has 11 heteroatoms. The van der Waals surface area contributed by atoms with Gasteiger partial charge in [0.05, 0.1) is 12.2 Å². The number of anilines is 1. The summed E-state index contributed by atoms with van der Waals surface area (Å²) in [7, 11) is 0. The lowest BCUT2D eigenvalue weighted by Crippen LogP contribution is -2.51. The van der Waals surface area contributed by atoms with Crippen molar-refractivity contribution < 1.29 is 27.4 Å². The van der Waals surface area contributed by atoms with Crippen LogP contribution >= 0.6 is 0 Å². The molecule has 1 aromatic heterocycles. The third kappa shape index (κ3) is 5.55. The topological polar surface area (TPSA) is 73.8 Å². The molecular weight excluding hydrogens is 610 g/mol. The summed E-state index contributed by atoms with van der Waals surface area (Å²) in [4.78, 5) is 13.5.